The number of aromatic hydroxyl groups is 1. The van der Waals surface area contributed by atoms with Gasteiger partial charge in [-0.3, -0.25) is 0 Å². The molecule has 0 fully saturated rings. The van der Waals surface area contributed by atoms with E-state index in [1.807, 2.05) is 0 Å². The Labute approximate surface area is 91.0 Å². The van der Waals surface area contributed by atoms with Crippen LogP contribution in [-0.2, 0) is 0 Å². The average Bonchev–Trinajstić information content (AvgIpc) is 2.21. The van der Waals surface area contributed by atoms with Crippen molar-refractivity contribution in [2.75, 3.05) is 13.7 Å². The molecule has 1 unspecified atom stereocenters. The van der Waals surface area contributed by atoms with Gasteiger partial charge >= 0.3 is 0 Å². The summed E-state index contributed by atoms with van der Waals surface area (Å²) in [5.74, 6) is -1.34. The number of ether oxygens (including phenoxy) is 1. The molecule has 4 N–H and O–H groups in total. The number of phenolic OH excluding ortho intramolecular Hbond substituents is 1. The summed E-state index contributed by atoms with van der Waals surface area (Å²) in [6.07, 6.45) is -1.27. The summed E-state index contributed by atoms with van der Waals surface area (Å²) < 4.78 is 18.3. The molecule has 0 aromatic heterocycles. The van der Waals surface area contributed by atoms with E-state index in [1.54, 1.807) is 0 Å². The van der Waals surface area contributed by atoms with E-state index in [2.05, 4.69) is 0 Å². The van der Waals surface area contributed by atoms with Crippen molar-refractivity contribution >= 4 is 11.6 Å². The van der Waals surface area contributed by atoms with Crippen LogP contribution in [0.1, 0.15) is 11.7 Å². The summed E-state index contributed by atoms with van der Waals surface area (Å²) in [7, 11) is 1.25. The first-order valence-corrected chi connectivity index (χ1v) is 4.53. The van der Waals surface area contributed by atoms with Gasteiger partial charge in [0.25, 0.3) is 0 Å². The first-order chi connectivity index (χ1) is 7.02. The van der Waals surface area contributed by atoms with E-state index in [0.717, 1.165) is 6.07 Å². The summed E-state index contributed by atoms with van der Waals surface area (Å²) in [5.41, 5.74) is 4.97. The fraction of sp³-hybridized carbons (Fsp3) is 0.333. The lowest BCUT2D eigenvalue weighted by molar-refractivity contribution is 0.175. The molecule has 1 aromatic rings. The number of halogens is 2. The Balaban J connectivity index is 3.43. The van der Waals surface area contributed by atoms with Crippen molar-refractivity contribution in [1.82, 2.24) is 0 Å². The van der Waals surface area contributed by atoms with Gasteiger partial charge < -0.3 is 20.7 Å². The molecule has 1 rings (SSSR count). The van der Waals surface area contributed by atoms with E-state index in [9.17, 15) is 14.6 Å². The highest BCUT2D eigenvalue weighted by atomic mass is 35.5. The van der Waals surface area contributed by atoms with Gasteiger partial charge in [-0.15, -0.1) is 0 Å². The SMILES string of the molecule is COc1c(O)cc(Cl)c(F)c1C(O)CN. The molecule has 0 saturated heterocycles. The lowest BCUT2D eigenvalue weighted by atomic mass is 10.1. The molecular weight excluding hydrogens is 225 g/mol. The lowest BCUT2D eigenvalue weighted by Gasteiger charge is -2.15. The number of methoxy groups -OCH3 is 1. The number of aliphatic hydroxyl groups is 1. The molecule has 0 radical (unpaired) electrons. The third-order valence-electron chi connectivity index (χ3n) is 1.95. The monoisotopic (exact) mass is 235 g/mol. The second-order valence-electron chi connectivity index (χ2n) is 2.89. The normalized spacial score (nSPS) is 12.6. The van der Waals surface area contributed by atoms with E-state index in [-0.39, 0.29) is 28.6 Å². The maximum atomic E-state index is 13.5. The minimum atomic E-state index is -1.27. The zero-order valence-electron chi connectivity index (χ0n) is 8.00. The van der Waals surface area contributed by atoms with Crippen molar-refractivity contribution < 1.29 is 19.3 Å². The van der Waals surface area contributed by atoms with Gasteiger partial charge in [-0.2, -0.15) is 0 Å². The maximum absolute atomic E-state index is 13.5. The van der Waals surface area contributed by atoms with E-state index < -0.39 is 11.9 Å². The molecule has 0 amide bonds. The summed E-state index contributed by atoms with van der Waals surface area (Å²) >= 11 is 5.51. The quantitative estimate of drug-likeness (QED) is 0.736. The van der Waals surface area contributed by atoms with Crippen molar-refractivity contribution in [3.05, 3.63) is 22.5 Å². The summed E-state index contributed by atoms with van der Waals surface area (Å²) in [6.45, 7) is -0.201. The highest BCUT2D eigenvalue weighted by molar-refractivity contribution is 6.31. The Morgan fingerprint density at radius 2 is 2.27 bits per heavy atom. The molecule has 0 heterocycles. The molecule has 0 aliphatic rings. The van der Waals surface area contributed by atoms with Crippen LogP contribution in [0.2, 0.25) is 5.02 Å². The average molecular weight is 236 g/mol. The zero-order chi connectivity index (χ0) is 11.6. The van der Waals surface area contributed by atoms with E-state index in [4.69, 9.17) is 22.1 Å². The zero-order valence-corrected chi connectivity index (χ0v) is 8.75. The highest BCUT2D eigenvalue weighted by Crippen LogP contribution is 2.39. The van der Waals surface area contributed by atoms with E-state index >= 15 is 0 Å². The van der Waals surface area contributed by atoms with Gasteiger partial charge in [0, 0.05) is 12.6 Å². The molecule has 4 nitrogen and oxygen atoms in total. The summed E-state index contributed by atoms with van der Waals surface area (Å²) in [5, 5.41) is 18.6. The summed E-state index contributed by atoms with van der Waals surface area (Å²) in [6, 6.07) is 1.00. The minimum Gasteiger partial charge on any atom is -0.504 e. The topological polar surface area (TPSA) is 75.7 Å². The van der Waals surface area contributed by atoms with Crippen LogP contribution < -0.4 is 10.5 Å². The molecule has 1 atom stereocenters. The van der Waals surface area contributed by atoms with E-state index in [0.29, 0.717) is 0 Å². The largest absolute Gasteiger partial charge is 0.504 e. The maximum Gasteiger partial charge on any atom is 0.169 e. The fourth-order valence-electron chi connectivity index (χ4n) is 1.25. The number of hydrogen-bond donors (Lipinski definition) is 3. The van der Waals surface area contributed by atoms with Crippen LogP contribution in [0.15, 0.2) is 6.07 Å². The standard InChI is InChI=1S/C9H11ClFNO3/c1-15-9-5(13)2-4(10)8(11)7(9)6(14)3-12/h2,6,13-14H,3,12H2,1H3. The molecule has 6 heteroatoms. The van der Waals surface area contributed by atoms with Crippen molar-refractivity contribution in [2.45, 2.75) is 6.10 Å². The van der Waals surface area contributed by atoms with Crippen molar-refractivity contribution in [3.63, 3.8) is 0 Å². The minimum absolute atomic E-state index is 0.158. The molecule has 0 aliphatic heterocycles. The number of rotatable bonds is 3. The molecular formula is C9H11ClFNO3. The third kappa shape index (κ3) is 2.14. The van der Waals surface area contributed by atoms with E-state index in [1.165, 1.54) is 7.11 Å². The molecule has 15 heavy (non-hydrogen) atoms. The second-order valence-corrected chi connectivity index (χ2v) is 3.30. The first-order valence-electron chi connectivity index (χ1n) is 4.15. The van der Waals surface area contributed by atoms with Crippen molar-refractivity contribution in [3.8, 4) is 11.5 Å². The molecule has 0 bridgehead atoms. The Morgan fingerprint density at radius 3 is 2.73 bits per heavy atom. The molecule has 0 spiro atoms. The first kappa shape index (κ1) is 12.0. The van der Waals surface area contributed by atoms with Gasteiger partial charge in [0.2, 0.25) is 0 Å². The van der Waals surface area contributed by atoms with Crippen LogP contribution in [0.3, 0.4) is 0 Å². The predicted octanol–water partition coefficient (Wildman–Crippen LogP) is 1.19. The molecule has 0 aliphatic carbocycles. The van der Waals surface area contributed by atoms with Crippen LogP contribution in [0.25, 0.3) is 0 Å². The fourth-order valence-corrected chi connectivity index (χ4v) is 1.45. The lowest BCUT2D eigenvalue weighted by Crippen LogP contribution is -2.14. The predicted molar refractivity (Wildman–Crippen MR) is 53.6 cm³/mol. The van der Waals surface area contributed by atoms with Gasteiger partial charge in [-0.05, 0) is 0 Å². The van der Waals surface area contributed by atoms with Gasteiger partial charge in [-0.25, -0.2) is 4.39 Å². The number of aliphatic hydroxyl groups excluding tert-OH is 1. The van der Waals surface area contributed by atoms with Crippen molar-refractivity contribution in [2.24, 2.45) is 5.73 Å². The number of phenols is 1. The Morgan fingerprint density at radius 1 is 1.67 bits per heavy atom. The highest BCUT2D eigenvalue weighted by Gasteiger charge is 2.23. The molecule has 0 saturated carbocycles. The molecule has 84 valence electrons. The van der Waals surface area contributed by atoms with Crippen molar-refractivity contribution in [1.29, 1.82) is 0 Å². The van der Waals surface area contributed by atoms with Gasteiger partial charge in [0.1, 0.15) is 0 Å². The van der Waals surface area contributed by atoms with Crippen LogP contribution in [0.5, 0.6) is 11.5 Å². The smallest absolute Gasteiger partial charge is 0.169 e. The number of nitrogens with two attached hydrogens (primary N) is 1. The van der Waals surface area contributed by atoms with Gasteiger partial charge in [-0.1, -0.05) is 11.6 Å². The molecule has 1 aromatic carbocycles. The third-order valence-corrected chi connectivity index (χ3v) is 2.22. The Bertz CT molecular complexity index is 373. The van der Waals surface area contributed by atoms with Gasteiger partial charge in [0.15, 0.2) is 17.3 Å². The number of benzene rings is 1. The van der Waals surface area contributed by atoms with Crippen LogP contribution in [0.4, 0.5) is 4.39 Å². The van der Waals surface area contributed by atoms with Crippen LogP contribution in [-0.4, -0.2) is 23.9 Å². The van der Waals surface area contributed by atoms with Crippen LogP contribution >= 0.6 is 11.6 Å². The summed E-state index contributed by atoms with van der Waals surface area (Å²) in [4.78, 5) is 0. The Kier molecular flexibility index (Phi) is 3.73. The van der Waals surface area contributed by atoms with Gasteiger partial charge in [0.05, 0.1) is 23.8 Å². The second kappa shape index (κ2) is 4.65. The Hall–Kier alpha value is -1.04. The number of hydrogen-bond acceptors (Lipinski definition) is 4. The van der Waals surface area contributed by atoms with Crippen LogP contribution in [0, 0.1) is 5.82 Å².